The van der Waals surface area contributed by atoms with Crippen LogP contribution in [0.4, 0.5) is 34.8 Å². The first-order valence-electron chi connectivity index (χ1n) is 12.4. The summed E-state index contributed by atoms with van der Waals surface area (Å²) in [6.07, 6.45) is 2.60. The Hall–Kier alpha value is -3.92. The first-order valence-corrected chi connectivity index (χ1v) is 12.4. The number of hydrogen-bond acceptors (Lipinski definition) is 9. The van der Waals surface area contributed by atoms with E-state index in [4.69, 9.17) is 4.74 Å². The second kappa shape index (κ2) is 10.4. The molecule has 36 heavy (non-hydrogen) atoms. The summed E-state index contributed by atoms with van der Waals surface area (Å²) in [6.45, 7) is 8.82. The summed E-state index contributed by atoms with van der Waals surface area (Å²) < 4.78 is 5.56. The Balaban J connectivity index is 1.30. The highest BCUT2D eigenvalue weighted by Gasteiger charge is 2.26. The quantitative estimate of drug-likeness (QED) is 0.517. The Morgan fingerprint density at radius 1 is 1.00 bits per heavy atom. The molecule has 1 saturated heterocycles. The molecule has 0 atom stereocenters. The van der Waals surface area contributed by atoms with Crippen molar-refractivity contribution in [3.8, 4) is 5.75 Å². The van der Waals surface area contributed by atoms with Crippen LogP contribution in [-0.2, 0) is 4.79 Å². The summed E-state index contributed by atoms with van der Waals surface area (Å²) in [5, 5.41) is 6.57. The largest absolute Gasteiger partial charge is 0.480 e. The highest BCUT2D eigenvalue weighted by molar-refractivity contribution is 5.96. The Kier molecular flexibility index (Phi) is 6.86. The van der Waals surface area contributed by atoms with Gasteiger partial charge in [0.05, 0.1) is 0 Å². The van der Waals surface area contributed by atoms with E-state index in [9.17, 15) is 4.79 Å². The van der Waals surface area contributed by atoms with Crippen LogP contribution in [0.1, 0.15) is 18.9 Å². The zero-order valence-corrected chi connectivity index (χ0v) is 21.0. The van der Waals surface area contributed by atoms with E-state index in [1.165, 1.54) is 5.69 Å². The Morgan fingerprint density at radius 2 is 1.78 bits per heavy atom. The Morgan fingerprint density at radius 3 is 2.53 bits per heavy atom. The minimum absolute atomic E-state index is 0.0395. The summed E-state index contributed by atoms with van der Waals surface area (Å²) in [7, 11) is 2.16. The van der Waals surface area contributed by atoms with Crippen molar-refractivity contribution in [3.05, 3.63) is 48.2 Å². The highest BCUT2D eigenvalue weighted by atomic mass is 16.5. The van der Waals surface area contributed by atoms with Gasteiger partial charge in [0, 0.05) is 55.9 Å². The van der Waals surface area contributed by atoms with E-state index in [0.717, 1.165) is 43.9 Å². The number of likely N-dealkylation sites (N-methyl/N-ethyl adjacent to an activating group) is 1. The maximum absolute atomic E-state index is 12.3. The van der Waals surface area contributed by atoms with Gasteiger partial charge in [-0.2, -0.15) is 4.98 Å². The predicted molar refractivity (Wildman–Crippen MR) is 142 cm³/mol. The molecule has 0 spiro atoms. The number of pyridine rings is 1. The van der Waals surface area contributed by atoms with Crippen molar-refractivity contribution in [2.24, 2.45) is 0 Å². The second-order valence-electron chi connectivity index (χ2n) is 9.16. The molecule has 10 nitrogen and oxygen atoms in total. The van der Waals surface area contributed by atoms with E-state index in [-0.39, 0.29) is 12.5 Å². The normalized spacial score (nSPS) is 15.9. The number of rotatable bonds is 7. The first kappa shape index (κ1) is 23.8. The number of nitrogens with zero attached hydrogens (tertiary/aromatic N) is 6. The molecule has 5 rings (SSSR count). The van der Waals surface area contributed by atoms with Crippen molar-refractivity contribution < 1.29 is 9.53 Å². The van der Waals surface area contributed by atoms with Crippen LogP contribution >= 0.6 is 0 Å². The van der Waals surface area contributed by atoms with Gasteiger partial charge in [0.15, 0.2) is 18.2 Å². The summed E-state index contributed by atoms with van der Waals surface area (Å²) >= 11 is 0. The number of aromatic nitrogens is 3. The lowest BCUT2D eigenvalue weighted by atomic mass is 10.2. The lowest BCUT2D eigenvalue weighted by molar-refractivity contribution is -0.121. The van der Waals surface area contributed by atoms with Gasteiger partial charge in [0.1, 0.15) is 11.6 Å². The molecule has 1 aromatic carbocycles. The standard InChI is InChI=1S/C26H32N8O2/c1-4-11-34-23(35)17-36-21-9-10-22(30-25(21)34)29-24-18(2)16-27-26(31-24)28-19-5-7-20(8-6-19)33-14-12-32(3)13-15-33/h5-10,16H,4,11-15,17H2,1-3H3,(H2,27,28,29,30,31). The molecule has 3 aromatic rings. The maximum atomic E-state index is 12.3. The number of amides is 1. The van der Waals surface area contributed by atoms with Gasteiger partial charge in [0.2, 0.25) is 5.95 Å². The van der Waals surface area contributed by atoms with Crippen LogP contribution in [0.3, 0.4) is 0 Å². The van der Waals surface area contributed by atoms with E-state index in [2.05, 4.69) is 54.6 Å². The third kappa shape index (κ3) is 5.18. The average molecular weight is 489 g/mol. The van der Waals surface area contributed by atoms with Crippen LogP contribution in [0.2, 0.25) is 0 Å². The molecule has 1 amide bonds. The van der Waals surface area contributed by atoms with Gasteiger partial charge < -0.3 is 25.2 Å². The van der Waals surface area contributed by atoms with Crippen molar-refractivity contribution >= 4 is 40.7 Å². The first-order chi connectivity index (χ1) is 17.5. The number of nitrogens with one attached hydrogen (secondary N) is 2. The van der Waals surface area contributed by atoms with Crippen LogP contribution in [0.25, 0.3) is 0 Å². The van der Waals surface area contributed by atoms with Crippen LogP contribution in [-0.4, -0.2) is 72.1 Å². The molecule has 0 radical (unpaired) electrons. The molecule has 2 N–H and O–H groups in total. The van der Waals surface area contributed by atoms with Crippen LogP contribution in [0.15, 0.2) is 42.6 Å². The summed E-state index contributed by atoms with van der Waals surface area (Å²) in [6, 6.07) is 12.0. The number of carbonyl (C=O) groups is 1. The number of hydrogen-bond donors (Lipinski definition) is 2. The molecule has 188 valence electrons. The minimum Gasteiger partial charge on any atom is -0.480 e. The van der Waals surface area contributed by atoms with Crippen LogP contribution in [0.5, 0.6) is 5.75 Å². The van der Waals surface area contributed by atoms with E-state index >= 15 is 0 Å². The van der Waals surface area contributed by atoms with Crippen molar-refractivity contribution in [1.29, 1.82) is 0 Å². The molecular weight excluding hydrogens is 456 g/mol. The molecule has 2 aliphatic rings. The van der Waals surface area contributed by atoms with Gasteiger partial charge in [-0.3, -0.25) is 9.69 Å². The van der Waals surface area contributed by atoms with Gasteiger partial charge in [-0.15, -0.1) is 0 Å². The number of anilines is 6. The number of ether oxygens (including phenoxy) is 1. The summed E-state index contributed by atoms with van der Waals surface area (Å²) in [5.41, 5.74) is 3.02. The van der Waals surface area contributed by atoms with Gasteiger partial charge in [0.25, 0.3) is 5.91 Å². The van der Waals surface area contributed by atoms with E-state index in [1.54, 1.807) is 11.1 Å². The average Bonchev–Trinajstić information content (AvgIpc) is 2.89. The zero-order chi connectivity index (χ0) is 25.1. The van der Waals surface area contributed by atoms with Crippen molar-refractivity contribution in [2.75, 3.05) is 66.8 Å². The van der Waals surface area contributed by atoms with E-state index < -0.39 is 0 Å². The molecular formula is C26H32N8O2. The van der Waals surface area contributed by atoms with Gasteiger partial charge >= 0.3 is 0 Å². The number of aryl methyl sites for hydroxylation is 1. The number of fused-ring (bicyclic) bond motifs is 1. The number of carbonyl (C=O) groups excluding carboxylic acids is 1. The van der Waals surface area contributed by atoms with Crippen LogP contribution < -0.4 is 25.2 Å². The third-order valence-electron chi connectivity index (χ3n) is 6.40. The SMILES string of the molecule is CCCN1C(=O)COc2ccc(Nc3nc(Nc4ccc(N5CCN(C)CC5)cc4)ncc3C)nc21. The predicted octanol–water partition coefficient (Wildman–Crippen LogP) is 3.55. The molecule has 10 heteroatoms. The third-order valence-corrected chi connectivity index (χ3v) is 6.40. The van der Waals surface area contributed by atoms with Gasteiger partial charge in [-0.25, -0.2) is 9.97 Å². The zero-order valence-electron chi connectivity index (χ0n) is 21.0. The van der Waals surface area contributed by atoms with Crippen molar-refractivity contribution in [3.63, 3.8) is 0 Å². The highest BCUT2D eigenvalue weighted by Crippen LogP contribution is 2.32. The lowest BCUT2D eigenvalue weighted by Crippen LogP contribution is -2.44. The molecule has 0 unspecified atom stereocenters. The molecule has 0 saturated carbocycles. The maximum Gasteiger partial charge on any atom is 0.266 e. The Bertz CT molecular complexity index is 1230. The van der Waals surface area contributed by atoms with Crippen molar-refractivity contribution in [1.82, 2.24) is 19.9 Å². The summed E-state index contributed by atoms with van der Waals surface area (Å²) in [5.74, 6) is 2.76. The number of piperazine rings is 1. The monoisotopic (exact) mass is 488 g/mol. The molecule has 2 aromatic heterocycles. The fourth-order valence-electron chi connectivity index (χ4n) is 4.30. The fraction of sp³-hybridized carbons (Fsp3) is 0.385. The number of benzene rings is 1. The molecule has 0 aliphatic carbocycles. The minimum atomic E-state index is -0.0858. The second-order valence-corrected chi connectivity index (χ2v) is 9.16. The molecule has 4 heterocycles. The van der Waals surface area contributed by atoms with Crippen LogP contribution in [0, 0.1) is 6.92 Å². The molecule has 2 aliphatic heterocycles. The molecule has 0 bridgehead atoms. The van der Waals surface area contributed by atoms with Crippen molar-refractivity contribution in [2.45, 2.75) is 20.3 Å². The smallest absolute Gasteiger partial charge is 0.266 e. The molecule has 1 fully saturated rings. The van der Waals surface area contributed by atoms with Gasteiger partial charge in [-0.05, 0) is 56.8 Å². The van der Waals surface area contributed by atoms with Gasteiger partial charge in [-0.1, -0.05) is 6.92 Å². The fourth-order valence-corrected chi connectivity index (χ4v) is 4.30. The Labute approximate surface area is 211 Å². The lowest BCUT2D eigenvalue weighted by Gasteiger charge is -2.34. The van der Waals surface area contributed by atoms with E-state index in [0.29, 0.717) is 35.7 Å². The topological polar surface area (TPSA) is 98.7 Å². The summed E-state index contributed by atoms with van der Waals surface area (Å²) in [4.78, 5) is 32.5. The van der Waals surface area contributed by atoms with E-state index in [1.807, 2.05) is 38.1 Å².